The van der Waals surface area contributed by atoms with Gasteiger partial charge >= 0.3 is 0 Å². The van der Waals surface area contributed by atoms with Crippen LogP contribution in [0.15, 0.2) is 48.5 Å². The van der Waals surface area contributed by atoms with Gasteiger partial charge in [0.05, 0.1) is 18.8 Å². The zero-order valence-electron chi connectivity index (χ0n) is 11.8. The largest absolute Gasteiger partial charge is 0.497 e. The van der Waals surface area contributed by atoms with Crippen LogP contribution in [0.3, 0.4) is 0 Å². The van der Waals surface area contributed by atoms with Gasteiger partial charge in [0, 0.05) is 0 Å². The van der Waals surface area contributed by atoms with Crippen molar-refractivity contribution in [2.45, 2.75) is 13.3 Å². The minimum Gasteiger partial charge on any atom is -0.497 e. The monoisotopic (exact) mass is 263 g/mol. The third kappa shape index (κ3) is 3.27. The van der Waals surface area contributed by atoms with Gasteiger partial charge in [0.2, 0.25) is 0 Å². The van der Waals surface area contributed by atoms with Crippen LogP contribution in [0.2, 0.25) is 0 Å². The molecule has 0 aliphatic carbocycles. The molecule has 0 heterocycles. The molecule has 0 amide bonds. The Morgan fingerprint density at radius 1 is 1.10 bits per heavy atom. The second-order valence-corrected chi connectivity index (χ2v) is 4.49. The van der Waals surface area contributed by atoms with E-state index in [1.807, 2.05) is 42.5 Å². The summed E-state index contributed by atoms with van der Waals surface area (Å²) in [4.78, 5) is 0. The van der Waals surface area contributed by atoms with Crippen molar-refractivity contribution in [2.24, 2.45) is 0 Å². The Kier molecular flexibility index (Phi) is 4.57. The Labute approximate surface area is 119 Å². The number of aryl methyl sites for hydroxylation is 1. The SMILES string of the molecule is CCc1ccc(C(C#N)=Cc2ccc(OC)cc2)cc1. The van der Waals surface area contributed by atoms with E-state index in [4.69, 9.17) is 4.74 Å². The van der Waals surface area contributed by atoms with Crippen LogP contribution in [0, 0.1) is 11.3 Å². The number of methoxy groups -OCH3 is 1. The summed E-state index contributed by atoms with van der Waals surface area (Å²) in [5.41, 5.74) is 3.87. The van der Waals surface area contributed by atoms with E-state index in [0.717, 1.165) is 23.3 Å². The van der Waals surface area contributed by atoms with Crippen molar-refractivity contribution in [3.05, 3.63) is 65.2 Å². The van der Waals surface area contributed by atoms with E-state index in [-0.39, 0.29) is 0 Å². The van der Waals surface area contributed by atoms with E-state index in [1.54, 1.807) is 7.11 Å². The van der Waals surface area contributed by atoms with Gasteiger partial charge in [0.25, 0.3) is 0 Å². The van der Waals surface area contributed by atoms with Crippen molar-refractivity contribution in [2.75, 3.05) is 7.11 Å². The molecule has 0 saturated heterocycles. The molecule has 20 heavy (non-hydrogen) atoms. The molecule has 0 radical (unpaired) electrons. The maximum Gasteiger partial charge on any atom is 0.118 e. The summed E-state index contributed by atoms with van der Waals surface area (Å²) in [6, 6.07) is 18.0. The van der Waals surface area contributed by atoms with Crippen LogP contribution < -0.4 is 4.74 Å². The molecule has 0 atom stereocenters. The molecule has 0 fully saturated rings. The summed E-state index contributed by atoms with van der Waals surface area (Å²) >= 11 is 0. The van der Waals surface area contributed by atoms with Gasteiger partial charge in [-0.05, 0) is 41.3 Å². The molecule has 100 valence electrons. The third-order valence-electron chi connectivity index (χ3n) is 3.22. The van der Waals surface area contributed by atoms with Gasteiger partial charge in [-0.15, -0.1) is 0 Å². The van der Waals surface area contributed by atoms with Gasteiger partial charge in [-0.2, -0.15) is 5.26 Å². The number of allylic oxidation sites excluding steroid dienone is 1. The molecule has 0 saturated carbocycles. The molecule has 0 N–H and O–H groups in total. The van der Waals surface area contributed by atoms with E-state index in [0.29, 0.717) is 5.57 Å². The third-order valence-corrected chi connectivity index (χ3v) is 3.22. The van der Waals surface area contributed by atoms with Crippen LogP contribution in [-0.4, -0.2) is 7.11 Å². The minimum absolute atomic E-state index is 0.665. The highest BCUT2D eigenvalue weighted by Crippen LogP contribution is 2.20. The summed E-state index contributed by atoms with van der Waals surface area (Å²) in [5, 5.41) is 9.33. The van der Waals surface area contributed by atoms with Gasteiger partial charge in [0.15, 0.2) is 0 Å². The lowest BCUT2D eigenvalue weighted by Gasteiger charge is -2.03. The van der Waals surface area contributed by atoms with Crippen molar-refractivity contribution >= 4 is 11.6 Å². The number of hydrogen-bond acceptors (Lipinski definition) is 2. The van der Waals surface area contributed by atoms with Gasteiger partial charge < -0.3 is 4.74 Å². The standard InChI is InChI=1S/C18H17NO/c1-3-14-4-8-16(9-5-14)17(13-19)12-15-6-10-18(20-2)11-7-15/h4-12H,3H2,1-2H3. The number of rotatable bonds is 4. The van der Waals surface area contributed by atoms with Gasteiger partial charge in [0.1, 0.15) is 5.75 Å². The fourth-order valence-corrected chi connectivity index (χ4v) is 1.97. The van der Waals surface area contributed by atoms with Crippen LogP contribution in [0.5, 0.6) is 5.75 Å². The van der Waals surface area contributed by atoms with Crippen molar-refractivity contribution in [3.8, 4) is 11.8 Å². The molecule has 0 aliphatic rings. The zero-order valence-corrected chi connectivity index (χ0v) is 11.8. The average Bonchev–Trinajstić information content (AvgIpc) is 2.53. The summed E-state index contributed by atoms with van der Waals surface area (Å²) in [7, 11) is 1.64. The summed E-state index contributed by atoms with van der Waals surface area (Å²) < 4.78 is 5.12. The lowest BCUT2D eigenvalue weighted by molar-refractivity contribution is 0.415. The Bertz CT molecular complexity index is 631. The first-order valence-electron chi connectivity index (χ1n) is 6.62. The Morgan fingerprint density at radius 3 is 2.25 bits per heavy atom. The summed E-state index contributed by atoms with van der Waals surface area (Å²) in [6.07, 6.45) is 2.89. The van der Waals surface area contributed by atoms with Crippen LogP contribution in [0.4, 0.5) is 0 Å². The molecule has 2 aromatic rings. The summed E-state index contributed by atoms with van der Waals surface area (Å²) in [5.74, 6) is 0.813. The van der Waals surface area contributed by atoms with Crippen molar-refractivity contribution in [1.29, 1.82) is 5.26 Å². The zero-order chi connectivity index (χ0) is 14.4. The lowest BCUT2D eigenvalue weighted by atomic mass is 10.0. The van der Waals surface area contributed by atoms with Crippen LogP contribution in [0.25, 0.3) is 11.6 Å². The normalized spacial score (nSPS) is 10.9. The predicted molar refractivity (Wildman–Crippen MR) is 82.3 cm³/mol. The first-order valence-corrected chi connectivity index (χ1v) is 6.62. The quantitative estimate of drug-likeness (QED) is 0.608. The lowest BCUT2D eigenvalue weighted by Crippen LogP contribution is -1.85. The van der Waals surface area contributed by atoms with E-state index >= 15 is 0 Å². The van der Waals surface area contributed by atoms with Crippen LogP contribution in [-0.2, 0) is 6.42 Å². The number of hydrogen-bond donors (Lipinski definition) is 0. The minimum atomic E-state index is 0.665. The highest BCUT2D eigenvalue weighted by atomic mass is 16.5. The van der Waals surface area contributed by atoms with Crippen LogP contribution >= 0.6 is 0 Å². The maximum absolute atomic E-state index is 9.33. The topological polar surface area (TPSA) is 33.0 Å². The first kappa shape index (κ1) is 13.9. The van der Waals surface area contributed by atoms with Gasteiger partial charge in [-0.3, -0.25) is 0 Å². The highest BCUT2D eigenvalue weighted by molar-refractivity contribution is 5.89. The molecular weight excluding hydrogens is 246 g/mol. The highest BCUT2D eigenvalue weighted by Gasteiger charge is 2.01. The second kappa shape index (κ2) is 6.58. The maximum atomic E-state index is 9.33. The first-order chi connectivity index (χ1) is 9.76. The average molecular weight is 263 g/mol. The van der Waals surface area contributed by atoms with E-state index in [1.165, 1.54) is 5.56 Å². The van der Waals surface area contributed by atoms with Gasteiger partial charge in [-0.1, -0.05) is 43.3 Å². The molecule has 0 unspecified atom stereocenters. The molecule has 2 nitrogen and oxygen atoms in total. The van der Waals surface area contributed by atoms with E-state index in [9.17, 15) is 5.26 Å². The number of nitrogens with zero attached hydrogens (tertiary/aromatic N) is 1. The van der Waals surface area contributed by atoms with Crippen molar-refractivity contribution < 1.29 is 4.74 Å². The smallest absolute Gasteiger partial charge is 0.118 e. The molecule has 2 aromatic carbocycles. The van der Waals surface area contributed by atoms with Crippen LogP contribution in [0.1, 0.15) is 23.6 Å². The molecule has 0 aliphatic heterocycles. The van der Waals surface area contributed by atoms with E-state index < -0.39 is 0 Å². The molecular formula is C18H17NO. The predicted octanol–water partition coefficient (Wildman–Crippen LogP) is 4.32. The molecule has 0 bridgehead atoms. The fraction of sp³-hybridized carbons (Fsp3) is 0.167. The summed E-state index contributed by atoms with van der Waals surface area (Å²) in [6.45, 7) is 2.12. The molecule has 2 rings (SSSR count). The number of ether oxygens (including phenoxy) is 1. The van der Waals surface area contributed by atoms with Gasteiger partial charge in [-0.25, -0.2) is 0 Å². The van der Waals surface area contributed by atoms with E-state index in [2.05, 4.69) is 25.1 Å². The second-order valence-electron chi connectivity index (χ2n) is 4.49. The molecule has 0 spiro atoms. The Hall–Kier alpha value is -2.53. The molecule has 0 aromatic heterocycles. The Balaban J connectivity index is 2.30. The number of benzene rings is 2. The molecule has 2 heteroatoms. The fourth-order valence-electron chi connectivity index (χ4n) is 1.97. The Morgan fingerprint density at radius 2 is 1.75 bits per heavy atom. The number of nitriles is 1. The van der Waals surface area contributed by atoms with Crippen molar-refractivity contribution in [1.82, 2.24) is 0 Å². The van der Waals surface area contributed by atoms with Crippen molar-refractivity contribution in [3.63, 3.8) is 0 Å².